The standard InChI is InChI=1S/C24H29N6O4/c1-16-14-25-22-20(21(16)29-12-10-28(11-13-29)17(2)31)23(33)30(24(34)27(22)4)15-19(32)26(3)18-8-6-5-7-9-18/h5-9,14,20H,10-13,15H2,1-4H3/q+1. The first-order valence-electron chi connectivity index (χ1n) is 11.2. The average Bonchev–Trinajstić information content (AvgIpc) is 2.85. The van der Waals surface area contributed by atoms with Gasteiger partial charge >= 0.3 is 6.03 Å². The van der Waals surface area contributed by atoms with Crippen molar-refractivity contribution in [1.29, 1.82) is 0 Å². The summed E-state index contributed by atoms with van der Waals surface area (Å²) in [5.74, 6) is -1.25. The van der Waals surface area contributed by atoms with Crippen LogP contribution in [0.3, 0.4) is 0 Å². The summed E-state index contributed by atoms with van der Waals surface area (Å²) in [6, 6.07) is 8.48. The number of para-hydroxylation sites is 1. The van der Waals surface area contributed by atoms with Crippen molar-refractivity contribution >= 4 is 41.0 Å². The molecule has 0 aliphatic carbocycles. The molecular weight excluding hydrogens is 436 g/mol. The number of urea groups is 1. The molecule has 1 unspecified atom stereocenters. The summed E-state index contributed by atoms with van der Waals surface area (Å²) in [7, 11) is 3.19. The highest BCUT2D eigenvalue weighted by Gasteiger charge is 2.50. The van der Waals surface area contributed by atoms with Crippen LogP contribution in [0.1, 0.15) is 13.8 Å². The number of rotatable bonds is 3. The van der Waals surface area contributed by atoms with Gasteiger partial charge in [0.05, 0.1) is 13.1 Å². The number of hydrogen-bond acceptors (Lipinski definition) is 5. The van der Waals surface area contributed by atoms with Gasteiger partial charge in [-0.3, -0.25) is 24.2 Å². The second-order valence-corrected chi connectivity index (χ2v) is 8.67. The van der Waals surface area contributed by atoms with E-state index in [1.807, 2.05) is 25.1 Å². The molecule has 4 rings (SSSR count). The predicted molar refractivity (Wildman–Crippen MR) is 127 cm³/mol. The lowest BCUT2D eigenvalue weighted by Gasteiger charge is -2.38. The Kier molecular flexibility index (Phi) is 6.32. The first-order chi connectivity index (χ1) is 16.2. The Morgan fingerprint density at radius 1 is 1.15 bits per heavy atom. The third kappa shape index (κ3) is 4.11. The summed E-state index contributed by atoms with van der Waals surface area (Å²) in [4.78, 5) is 61.4. The zero-order valence-electron chi connectivity index (χ0n) is 19.9. The number of amides is 5. The molecule has 0 saturated carbocycles. The lowest BCUT2D eigenvalue weighted by molar-refractivity contribution is -0.539. The number of anilines is 1. The van der Waals surface area contributed by atoms with Gasteiger partial charge in [-0.1, -0.05) is 18.2 Å². The lowest BCUT2D eigenvalue weighted by Crippen LogP contribution is -2.63. The third-order valence-corrected chi connectivity index (χ3v) is 6.58. The molecule has 2 saturated heterocycles. The van der Waals surface area contributed by atoms with Crippen molar-refractivity contribution in [2.45, 2.75) is 13.8 Å². The maximum Gasteiger partial charge on any atom is 0.332 e. The molecule has 1 aromatic rings. The molecule has 2 fully saturated rings. The van der Waals surface area contributed by atoms with Gasteiger partial charge in [0.1, 0.15) is 12.4 Å². The van der Waals surface area contributed by atoms with Crippen LogP contribution in [0.5, 0.6) is 0 Å². The molecule has 5 amide bonds. The molecule has 3 aliphatic heterocycles. The van der Waals surface area contributed by atoms with E-state index in [4.69, 9.17) is 0 Å². The van der Waals surface area contributed by atoms with Crippen molar-refractivity contribution < 1.29 is 23.8 Å². The lowest BCUT2D eigenvalue weighted by atomic mass is 9.90. The second kappa shape index (κ2) is 9.20. The Morgan fingerprint density at radius 3 is 2.41 bits per heavy atom. The molecule has 3 aliphatic rings. The fourth-order valence-electron chi connectivity index (χ4n) is 4.57. The highest BCUT2D eigenvalue weighted by molar-refractivity contribution is 6.32. The smallest absolute Gasteiger partial charge is 0.330 e. The molecule has 1 aromatic carbocycles. The summed E-state index contributed by atoms with van der Waals surface area (Å²) < 4.78 is 2.09. The van der Waals surface area contributed by atoms with E-state index >= 15 is 0 Å². The van der Waals surface area contributed by atoms with E-state index in [2.05, 4.69) is 9.57 Å². The molecule has 34 heavy (non-hydrogen) atoms. The van der Waals surface area contributed by atoms with Crippen LogP contribution in [0.25, 0.3) is 0 Å². The number of carbonyl (C=O) groups is 4. The second-order valence-electron chi connectivity index (χ2n) is 8.67. The predicted octanol–water partition coefficient (Wildman–Crippen LogP) is 0.791. The number of amidine groups is 1. The molecule has 0 N–H and O–H groups in total. The number of imide groups is 1. The van der Waals surface area contributed by atoms with E-state index in [9.17, 15) is 19.2 Å². The first kappa shape index (κ1) is 23.3. The molecule has 3 heterocycles. The van der Waals surface area contributed by atoms with Gasteiger partial charge in [0.25, 0.3) is 5.91 Å². The van der Waals surface area contributed by atoms with Gasteiger partial charge in [-0.15, -0.1) is 0 Å². The van der Waals surface area contributed by atoms with E-state index in [1.54, 1.807) is 44.3 Å². The third-order valence-electron chi connectivity index (χ3n) is 6.58. The van der Waals surface area contributed by atoms with Gasteiger partial charge in [0, 0.05) is 38.5 Å². The van der Waals surface area contributed by atoms with Crippen molar-refractivity contribution in [2.24, 2.45) is 10.9 Å². The topological polar surface area (TPSA) is 96.6 Å². The summed E-state index contributed by atoms with van der Waals surface area (Å²) >= 11 is 0. The number of piperazine rings is 1. The summed E-state index contributed by atoms with van der Waals surface area (Å²) in [5.41, 5.74) is 2.27. The highest BCUT2D eigenvalue weighted by atomic mass is 16.2. The Morgan fingerprint density at radius 2 is 1.79 bits per heavy atom. The van der Waals surface area contributed by atoms with Crippen LogP contribution in [0.2, 0.25) is 0 Å². The Bertz CT molecular complexity index is 1130. The van der Waals surface area contributed by atoms with Crippen LogP contribution in [-0.2, 0) is 14.4 Å². The average molecular weight is 466 g/mol. The Hall–Kier alpha value is -3.82. The van der Waals surface area contributed by atoms with Crippen molar-refractivity contribution in [3.8, 4) is 0 Å². The number of nitrogens with zero attached hydrogens (tertiary/aromatic N) is 6. The van der Waals surface area contributed by atoms with Gasteiger partial charge in [-0.2, -0.15) is 0 Å². The molecule has 0 spiro atoms. The van der Waals surface area contributed by atoms with Gasteiger partial charge in [-0.05, 0) is 19.1 Å². The normalized spacial score (nSPS) is 20.7. The fourth-order valence-corrected chi connectivity index (χ4v) is 4.57. The Labute approximate surface area is 198 Å². The van der Waals surface area contributed by atoms with Gasteiger partial charge in [-0.25, -0.2) is 14.4 Å². The molecule has 0 bridgehead atoms. The monoisotopic (exact) mass is 465 g/mol. The van der Waals surface area contributed by atoms with Crippen LogP contribution < -0.4 is 4.90 Å². The summed E-state index contributed by atoms with van der Waals surface area (Å²) in [5, 5.41) is 0. The molecular formula is C24H29N6O4+. The molecule has 10 heteroatoms. The summed E-state index contributed by atoms with van der Waals surface area (Å²) in [6.45, 7) is 5.32. The van der Waals surface area contributed by atoms with Crippen molar-refractivity contribution in [3.05, 3.63) is 42.1 Å². The largest absolute Gasteiger partial charge is 0.332 e. The molecule has 1 atom stereocenters. The van der Waals surface area contributed by atoms with E-state index in [-0.39, 0.29) is 18.4 Å². The number of hydrogen-bond donors (Lipinski definition) is 0. The van der Waals surface area contributed by atoms with Gasteiger partial charge in [0.2, 0.25) is 17.5 Å². The Balaban J connectivity index is 1.63. The SMILES string of the molecule is CC(=O)N1CC[N+](=C2C(C)=CN=C3C2C(=O)N(CC(=O)N(C)c2ccccc2)C(=O)N3C)CC1. The molecule has 0 aromatic heterocycles. The zero-order valence-corrected chi connectivity index (χ0v) is 19.9. The minimum absolute atomic E-state index is 0.0223. The molecule has 10 nitrogen and oxygen atoms in total. The maximum atomic E-state index is 13.7. The van der Waals surface area contributed by atoms with Gasteiger partial charge < -0.3 is 9.80 Å². The molecule has 178 valence electrons. The summed E-state index contributed by atoms with van der Waals surface area (Å²) in [6.07, 6.45) is 1.67. The number of carbonyl (C=O) groups excluding carboxylic acids is 4. The minimum Gasteiger partial charge on any atom is -0.330 e. The fraction of sp³-hybridized carbons (Fsp3) is 0.417. The number of aliphatic imine (C=N–C) groups is 1. The van der Waals surface area contributed by atoms with Crippen molar-refractivity contribution in [1.82, 2.24) is 14.7 Å². The van der Waals surface area contributed by atoms with E-state index in [0.29, 0.717) is 37.7 Å². The van der Waals surface area contributed by atoms with Crippen LogP contribution in [0.15, 0.2) is 47.1 Å². The number of likely N-dealkylation sites (N-methyl/N-ethyl adjacent to an activating group) is 1. The highest BCUT2D eigenvalue weighted by Crippen LogP contribution is 2.26. The van der Waals surface area contributed by atoms with Crippen molar-refractivity contribution in [2.75, 3.05) is 51.7 Å². The quantitative estimate of drug-likeness (QED) is 0.617. The van der Waals surface area contributed by atoms with Crippen LogP contribution in [0, 0.1) is 5.92 Å². The van der Waals surface area contributed by atoms with E-state index in [1.165, 1.54) is 9.80 Å². The number of benzene rings is 1. The zero-order chi connectivity index (χ0) is 24.6. The number of fused-ring (bicyclic) bond motifs is 1. The maximum absolute atomic E-state index is 13.7. The van der Waals surface area contributed by atoms with E-state index in [0.717, 1.165) is 16.2 Å². The van der Waals surface area contributed by atoms with Crippen LogP contribution in [-0.4, -0.2) is 101 Å². The molecule has 0 radical (unpaired) electrons. The minimum atomic E-state index is -0.786. The number of allylic oxidation sites excluding steroid dienone is 1. The van der Waals surface area contributed by atoms with E-state index < -0.39 is 17.9 Å². The first-order valence-corrected chi connectivity index (χ1v) is 11.2. The van der Waals surface area contributed by atoms with Crippen LogP contribution in [0.4, 0.5) is 10.5 Å². The van der Waals surface area contributed by atoms with Gasteiger partial charge in [0.15, 0.2) is 19.0 Å². The van der Waals surface area contributed by atoms with Crippen LogP contribution >= 0.6 is 0 Å². The van der Waals surface area contributed by atoms with Crippen molar-refractivity contribution in [3.63, 3.8) is 0 Å².